The predicted molar refractivity (Wildman–Crippen MR) is 62.5 cm³/mol. The Balaban J connectivity index is 1.93. The first-order valence-electron chi connectivity index (χ1n) is 5.57. The molecule has 88 valence electrons. The fourth-order valence-electron chi connectivity index (χ4n) is 1.87. The van der Waals surface area contributed by atoms with Crippen molar-refractivity contribution in [2.45, 2.75) is 25.3 Å². The number of hydrogen-bond donors (Lipinski definition) is 1. The lowest BCUT2D eigenvalue weighted by atomic mass is 10.1. The van der Waals surface area contributed by atoms with E-state index in [0.29, 0.717) is 17.7 Å². The lowest BCUT2D eigenvalue weighted by Gasteiger charge is -2.23. The Hall–Kier alpha value is -0.800. The predicted octanol–water partition coefficient (Wildman–Crippen LogP) is 3.00. The van der Waals surface area contributed by atoms with Crippen LogP contribution in [-0.2, 0) is 0 Å². The van der Waals surface area contributed by atoms with E-state index in [-0.39, 0.29) is 5.75 Å². The van der Waals surface area contributed by atoms with Crippen LogP contribution in [-0.4, -0.2) is 19.2 Å². The van der Waals surface area contributed by atoms with Gasteiger partial charge in [-0.3, -0.25) is 0 Å². The molecule has 0 saturated carbocycles. The maximum atomic E-state index is 13.4. The summed E-state index contributed by atoms with van der Waals surface area (Å²) in [5.41, 5.74) is 0. The maximum absolute atomic E-state index is 13.4. The van der Waals surface area contributed by atoms with Crippen LogP contribution in [0, 0.1) is 5.82 Å². The minimum Gasteiger partial charge on any atom is -0.487 e. The molecule has 4 heteroatoms. The van der Waals surface area contributed by atoms with E-state index in [0.717, 1.165) is 13.0 Å². The number of nitrogens with one attached hydrogen (secondary N) is 1. The van der Waals surface area contributed by atoms with Crippen LogP contribution < -0.4 is 10.1 Å². The van der Waals surface area contributed by atoms with Gasteiger partial charge in [0.2, 0.25) is 0 Å². The van der Waals surface area contributed by atoms with E-state index in [2.05, 4.69) is 5.32 Å². The molecule has 0 amide bonds. The minimum absolute atomic E-state index is 0.163. The Kier molecular flexibility index (Phi) is 4.02. The van der Waals surface area contributed by atoms with Crippen molar-refractivity contribution >= 4 is 11.6 Å². The Morgan fingerprint density at radius 3 is 3.00 bits per heavy atom. The Morgan fingerprint density at radius 2 is 2.31 bits per heavy atom. The van der Waals surface area contributed by atoms with E-state index < -0.39 is 5.82 Å². The second-order valence-corrected chi connectivity index (χ2v) is 4.42. The Morgan fingerprint density at radius 1 is 1.44 bits per heavy atom. The molecule has 16 heavy (non-hydrogen) atoms. The summed E-state index contributed by atoms with van der Waals surface area (Å²) in [5, 5.41) is 3.67. The van der Waals surface area contributed by atoms with Crippen molar-refractivity contribution < 1.29 is 9.13 Å². The summed E-state index contributed by atoms with van der Waals surface area (Å²) in [5.74, 6) is -0.236. The molecule has 1 aromatic carbocycles. The summed E-state index contributed by atoms with van der Waals surface area (Å²) >= 11 is 5.86. The highest BCUT2D eigenvalue weighted by molar-refractivity contribution is 6.32. The third-order valence-electron chi connectivity index (χ3n) is 2.76. The van der Waals surface area contributed by atoms with E-state index in [9.17, 15) is 4.39 Å². The van der Waals surface area contributed by atoms with Gasteiger partial charge in [-0.05, 0) is 31.5 Å². The normalized spacial score (nSPS) is 20.8. The highest BCUT2D eigenvalue weighted by Crippen LogP contribution is 2.27. The molecule has 0 aliphatic carbocycles. The van der Waals surface area contributed by atoms with Crippen LogP contribution in [0.1, 0.15) is 19.3 Å². The van der Waals surface area contributed by atoms with Gasteiger partial charge in [0.25, 0.3) is 0 Å². The minimum atomic E-state index is -0.400. The van der Waals surface area contributed by atoms with Crippen LogP contribution in [0.25, 0.3) is 0 Å². The molecule has 1 N–H and O–H groups in total. The smallest absolute Gasteiger partial charge is 0.173 e. The molecule has 1 aliphatic heterocycles. The molecular formula is C12H15ClFNO. The van der Waals surface area contributed by atoms with E-state index in [1.807, 2.05) is 0 Å². The average molecular weight is 244 g/mol. The lowest BCUT2D eigenvalue weighted by molar-refractivity contribution is 0.231. The molecule has 1 fully saturated rings. The van der Waals surface area contributed by atoms with Gasteiger partial charge in [-0.25, -0.2) is 4.39 Å². The summed E-state index contributed by atoms with van der Waals surface area (Å²) < 4.78 is 18.8. The van der Waals surface area contributed by atoms with Gasteiger partial charge in [-0.2, -0.15) is 0 Å². The topological polar surface area (TPSA) is 21.3 Å². The number of halogens is 2. The van der Waals surface area contributed by atoms with Crippen molar-refractivity contribution in [3.8, 4) is 5.75 Å². The fourth-order valence-corrected chi connectivity index (χ4v) is 2.09. The number of piperidine rings is 1. The molecular weight excluding hydrogens is 229 g/mol. The van der Waals surface area contributed by atoms with Crippen LogP contribution in [0.4, 0.5) is 4.39 Å². The summed E-state index contributed by atoms with van der Waals surface area (Å²) in [6.07, 6.45) is 3.48. The van der Waals surface area contributed by atoms with E-state index >= 15 is 0 Å². The van der Waals surface area contributed by atoms with Crippen molar-refractivity contribution in [2.24, 2.45) is 0 Å². The number of benzene rings is 1. The summed E-state index contributed by atoms with van der Waals surface area (Å²) in [6.45, 7) is 1.49. The van der Waals surface area contributed by atoms with E-state index in [1.54, 1.807) is 12.1 Å². The molecule has 0 spiro atoms. The molecule has 1 heterocycles. The first-order chi connectivity index (χ1) is 7.77. The lowest BCUT2D eigenvalue weighted by Crippen LogP contribution is -2.38. The van der Waals surface area contributed by atoms with Gasteiger partial charge in [0.1, 0.15) is 6.61 Å². The second kappa shape index (κ2) is 5.51. The highest BCUT2D eigenvalue weighted by Gasteiger charge is 2.15. The van der Waals surface area contributed by atoms with E-state index in [1.165, 1.54) is 18.9 Å². The zero-order valence-electron chi connectivity index (χ0n) is 9.01. The maximum Gasteiger partial charge on any atom is 0.173 e. The number of para-hydroxylation sites is 1. The molecule has 0 aromatic heterocycles. The van der Waals surface area contributed by atoms with Gasteiger partial charge >= 0.3 is 0 Å². The zero-order chi connectivity index (χ0) is 11.4. The quantitative estimate of drug-likeness (QED) is 0.881. The van der Waals surface area contributed by atoms with Gasteiger partial charge in [-0.15, -0.1) is 0 Å². The van der Waals surface area contributed by atoms with Gasteiger partial charge in [-0.1, -0.05) is 24.1 Å². The van der Waals surface area contributed by atoms with Gasteiger partial charge in [0.15, 0.2) is 11.6 Å². The van der Waals surface area contributed by atoms with E-state index in [4.69, 9.17) is 16.3 Å². The van der Waals surface area contributed by atoms with Crippen LogP contribution in [0.2, 0.25) is 5.02 Å². The Labute approximate surface area is 99.7 Å². The molecule has 0 bridgehead atoms. The van der Waals surface area contributed by atoms with Crippen molar-refractivity contribution in [2.75, 3.05) is 13.2 Å². The standard InChI is InChI=1S/C12H15ClFNO/c13-10-5-3-6-11(14)12(10)16-8-9-4-1-2-7-15-9/h3,5-6,9,15H,1-2,4,7-8H2. The number of hydrogen-bond acceptors (Lipinski definition) is 2. The van der Waals surface area contributed by atoms with Crippen molar-refractivity contribution in [3.63, 3.8) is 0 Å². The van der Waals surface area contributed by atoms with Crippen LogP contribution in [0.3, 0.4) is 0 Å². The molecule has 2 rings (SSSR count). The first kappa shape index (κ1) is 11.7. The van der Waals surface area contributed by atoms with Crippen LogP contribution >= 0.6 is 11.6 Å². The van der Waals surface area contributed by atoms with Crippen molar-refractivity contribution in [3.05, 3.63) is 29.0 Å². The Bertz CT molecular complexity index is 333. The van der Waals surface area contributed by atoms with Gasteiger partial charge in [0.05, 0.1) is 5.02 Å². The average Bonchev–Trinajstić information content (AvgIpc) is 2.30. The fraction of sp³-hybridized carbons (Fsp3) is 0.500. The molecule has 1 atom stereocenters. The number of ether oxygens (including phenoxy) is 1. The second-order valence-electron chi connectivity index (χ2n) is 4.01. The van der Waals surface area contributed by atoms with Crippen molar-refractivity contribution in [1.82, 2.24) is 5.32 Å². The third kappa shape index (κ3) is 2.86. The molecule has 1 saturated heterocycles. The largest absolute Gasteiger partial charge is 0.487 e. The summed E-state index contributed by atoms with van der Waals surface area (Å²) in [7, 11) is 0. The van der Waals surface area contributed by atoms with Crippen molar-refractivity contribution in [1.29, 1.82) is 0 Å². The summed E-state index contributed by atoms with van der Waals surface area (Å²) in [6, 6.07) is 4.87. The van der Waals surface area contributed by atoms with Gasteiger partial charge < -0.3 is 10.1 Å². The molecule has 1 unspecified atom stereocenters. The first-order valence-corrected chi connectivity index (χ1v) is 5.95. The SMILES string of the molecule is Fc1cccc(Cl)c1OCC1CCCCN1. The molecule has 1 aromatic rings. The number of rotatable bonds is 3. The molecule has 1 aliphatic rings. The highest BCUT2D eigenvalue weighted by atomic mass is 35.5. The molecule has 0 radical (unpaired) electrons. The summed E-state index contributed by atoms with van der Waals surface area (Å²) in [4.78, 5) is 0. The monoisotopic (exact) mass is 243 g/mol. The third-order valence-corrected chi connectivity index (χ3v) is 3.06. The van der Waals surface area contributed by atoms with Crippen LogP contribution in [0.5, 0.6) is 5.75 Å². The molecule has 2 nitrogen and oxygen atoms in total. The van der Waals surface area contributed by atoms with Gasteiger partial charge in [0, 0.05) is 6.04 Å². The zero-order valence-corrected chi connectivity index (χ0v) is 9.77. The van der Waals surface area contributed by atoms with Crippen LogP contribution in [0.15, 0.2) is 18.2 Å².